The molecular formula is C17H21F3N2O2. The molecule has 0 heterocycles. The maximum atomic E-state index is 12.5. The molecule has 1 fully saturated rings. The Morgan fingerprint density at radius 1 is 1.12 bits per heavy atom. The van der Waals surface area contributed by atoms with Gasteiger partial charge >= 0.3 is 6.18 Å². The fourth-order valence-electron chi connectivity index (χ4n) is 2.86. The topological polar surface area (TPSA) is 58.2 Å². The largest absolute Gasteiger partial charge is 0.416 e. The molecule has 0 saturated heterocycles. The molecule has 2 amide bonds. The Hall–Kier alpha value is -2.05. The molecule has 1 aromatic carbocycles. The molecule has 0 radical (unpaired) electrons. The molecule has 0 unspecified atom stereocenters. The molecule has 1 saturated carbocycles. The number of carbonyl (C=O) groups is 2. The summed E-state index contributed by atoms with van der Waals surface area (Å²) in [6, 6.07) is 4.00. The predicted molar refractivity (Wildman–Crippen MR) is 83.3 cm³/mol. The van der Waals surface area contributed by atoms with Gasteiger partial charge in [0.25, 0.3) is 5.91 Å². The fourth-order valence-corrected chi connectivity index (χ4v) is 2.86. The van der Waals surface area contributed by atoms with Crippen LogP contribution in [0.15, 0.2) is 24.3 Å². The quantitative estimate of drug-likeness (QED) is 0.883. The van der Waals surface area contributed by atoms with Crippen LogP contribution in [-0.2, 0) is 11.0 Å². The Morgan fingerprint density at radius 3 is 2.33 bits per heavy atom. The Morgan fingerprint density at radius 2 is 1.75 bits per heavy atom. The minimum atomic E-state index is -4.44. The van der Waals surface area contributed by atoms with E-state index in [-0.39, 0.29) is 24.1 Å². The van der Waals surface area contributed by atoms with Crippen molar-refractivity contribution in [3.63, 3.8) is 0 Å². The van der Waals surface area contributed by atoms with E-state index >= 15 is 0 Å². The van der Waals surface area contributed by atoms with Crippen LogP contribution >= 0.6 is 0 Å². The van der Waals surface area contributed by atoms with E-state index in [2.05, 4.69) is 17.6 Å². The van der Waals surface area contributed by atoms with Crippen LogP contribution in [0.4, 0.5) is 13.2 Å². The number of carbonyl (C=O) groups excluding carboxylic acids is 2. The van der Waals surface area contributed by atoms with E-state index in [4.69, 9.17) is 0 Å². The van der Waals surface area contributed by atoms with Gasteiger partial charge in [0, 0.05) is 11.6 Å². The van der Waals surface area contributed by atoms with Gasteiger partial charge in [0.1, 0.15) is 0 Å². The number of hydrogen-bond donors (Lipinski definition) is 2. The number of alkyl halides is 3. The van der Waals surface area contributed by atoms with Crippen molar-refractivity contribution in [1.82, 2.24) is 10.6 Å². The molecule has 1 aromatic rings. The van der Waals surface area contributed by atoms with Crippen LogP contribution < -0.4 is 10.6 Å². The lowest BCUT2D eigenvalue weighted by Gasteiger charge is -2.29. The van der Waals surface area contributed by atoms with Crippen LogP contribution in [0.1, 0.15) is 48.5 Å². The summed E-state index contributed by atoms with van der Waals surface area (Å²) < 4.78 is 37.4. The molecule has 1 aliphatic carbocycles. The van der Waals surface area contributed by atoms with Gasteiger partial charge in [-0.3, -0.25) is 9.59 Å². The van der Waals surface area contributed by atoms with Gasteiger partial charge < -0.3 is 10.6 Å². The summed E-state index contributed by atoms with van der Waals surface area (Å²) >= 11 is 0. The Balaban J connectivity index is 1.83. The van der Waals surface area contributed by atoms with Gasteiger partial charge in [-0.15, -0.1) is 0 Å². The number of rotatable bonds is 4. The first-order chi connectivity index (χ1) is 11.3. The zero-order valence-electron chi connectivity index (χ0n) is 13.5. The minimum absolute atomic E-state index is 0.0850. The molecule has 0 spiro atoms. The fraction of sp³-hybridized carbons (Fsp3) is 0.529. The second-order valence-corrected chi connectivity index (χ2v) is 6.19. The van der Waals surface area contributed by atoms with Crippen molar-refractivity contribution < 1.29 is 22.8 Å². The molecule has 7 heteroatoms. The van der Waals surface area contributed by atoms with E-state index in [9.17, 15) is 22.8 Å². The van der Waals surface area contributed by atoms with E-state index < -0.39 is 17.6 Å². The number of halogens is 3. The zero-order chi connectivity index (χ0) is 17.7. The number of nitrogens with one attached hydrogen (secondary N) is 2. The van der Waals surface area contributed by atoms with Crippen molar-refractivity contribution in [2.45, 2.75) is 44.8 Å². The van der Waals surface area contributed by atoms with Gasteiger partial charge in [0.05, 0.1) is 12.1 Å². The van der Waals surface area contributed by atoms with Crippen molar-refractivity contribution >= 4 is 11.8 Å². The van der Waals surface area contributed by atoms with E-state index in [1.54, 1.807) is 0 Å². The molecule has 132 valence electrons. The highest BCUT2D eigenvalue weighted by molar-refractivity contribution is 5.96. The van der Waals surface area contributed by atoms with Crippen LogP contribution in [0.3, 0.4) is 0 Å². The van der Waals surface area contributed by atoms with Gasteiger partial charge in [0.15, 0.2) is 0 Å². The highest BCUT2D eigenvalue weighted by atomic mass is 19.4. The molecule has 0 bridgehead atoms. The van der Waals surface area contributed by atoms with E-state index in [0.717, 1.165) is 49.9 Å². The smallest absolute Gasteiger partial charge is 0.352 e. The normalized spacial score (nSPS) is 21.2. The SMILES string of the molecule is C[C@H]1CCCC[C@H]1NC(=O)CNC(=O)c1ccc(C(F)(F)F)cc1. The predicted octanol–water partition coefficient (Wildman–Crippen LogP) is 3.13. The summed E-state index contributed by atoms with van der Waals surface area (Å²) in [6.45, 7) is 1.90. The highest BCUT2D eigenvalue weighted by Gasteiger charge is 2.30. The average Bonchev–Trinajstić information content (AvgIpc) is 2.54. The third kappa shape index (κ3) is 4.97. The summed E-state index contributed by atoms with van der Waals surface area (Å²) in [5.41, 5.74) is -0.732. The maximum absolute atomic E-state index is 12.5. The monoisotopic (exact) mass is 342 g/mol. The van der Waals surface area contributed by atoms with Crippen molar-refractivity contribution in [3.05, 3.63) is 35.4 Å². The van der Waals surface area contributed by atoms with Crippen molar-refractivity contribution in [1.29, 1.82) is 0 Å². The van der Waals surface area contributed by atoms with Crippen molar-refractivity contribution in [2.75, 3.05) is 6.54 Å². The van der Waals surface area contributed by atoms with E-state index in [1.165, 1.54) is 0 Å². The van der Waals surface area contributed by atoms with Crippen LogP contribution in [0.25, 0.3) is 0 Å². The van der Waals surface area contributed by atoms with E-state index in [1.807, 2.05) is 0 Å². The number of hydrogen-bond acceptors (Lipinski definition) is 2. The van der Waals surface area contributed by atoms with Gasteiger partial charge in [-0.2, -0.15) is 13.2 Å². The third-order valence-corrected chi connectivity index (χ3v) is 4.34. The van der Waals surface area contributed by atoms with Crippen molar-refractivity contribution in [3.8, 4) is 0 Å². The molecule has 24 heavy (non-hydrogen) atoms. The molecule has 2 atom stereocenters. The second-order valence-electron chi connectivity index (χ2n) is 6.19. The summed E-state index contributed by atoms with van der Waals surface area (Å²) in [5, 5.41) is 5.33. The van der Waals surface area contributed by atoms with Crippen molar-refractivity contribution in [2.24, 2.45) is 5.92 Å². The highest BCUT2D eigenvalue weighted by Crippen LogP contribution is 2.29. The first-order valence-corrected chi connectivity index (χ1v) is 8.02. The van der Waals surface area contributed by atoms with Crippen LogP contribution in [0, 0.1) is 5.92 Å². The lowest BCUT2D eigenvalue weighted by atomic mass is 9.86. The second kappa shape index (κ2) is 7.68. The molecule has 2 rings (SSSR count). The van der Waals surface area contributed by atoms with Gasteiger partial charge in [-0.05, 0) is 43.0 Å². The Labute approximate surface area is 138 Å². The Kier molecular flexibility index (Phi) is 5.85. The molecule has 0 aromatic heterocycles. The average molecular weight is 342 g/mol. The molecule has 2 N–H and O–H groups in total. The third-order valence-electron chi connectivity index (χ3n) is 4.34. The number of benzene rings is 1. The van der Waals surface area contributed by atoms with Crippen LogP contribution in [0.2, 0.25) is 0 Å². The molecule has 0 aliphatic heterocycles. The zero-order valence-corrected chi connectivity index (χ0v) is 13.5. The molecule has 1 aliphatic rings. The summed E-state index contributed by atoms with van der Waals surface area (Å²) in [7, 11) is 0. The van der Waals surface area contributed by atoms with Gasteiger partial charge in [-0.1, -0.05) is 19.8 Å². The summed E-state index contributed by atoms with van der Waals surface area (Å²) in [5.74, 6) is -0.446. The lowest BCUT2D eigenvalue weighted by molar-refractivity contribution is -0.137. The molecular weight excluding hydrogens is 321 g/mol. The van der Waals surface area contributed by atoms with Gasteiger partial charge in [-0.25, -0.2) is 0 Å². The van der Waals surface area contributed by atoms with Crippen LogP contribution in [-0.4, -0.2) is 24.4 Å². The summed E-state index contributed by atoms with van der Waals surface area (Å²) in [6.07, 6.45) is -0.195. The van der Waals surface area contributed by atoms with E-state index in [0.29, 0.717) is 5.92 Å². The van der Waals surface area contributed by atoms with Gasteiger partial charge in [0.2, 0.25) is 5.91 Å². The first kappa shape index (κ1) is 18.3. The standard InChI is InChI=1S/C17H21F3N2O2/c1-11-4-2-3-5-14(11)22-15(23)10-21-16(24)12-6-8-13(9-7-12)17(18,19)20/h6-9,11,14H,2-5,10H2,1H3,(H,21,24)(H,22,23)/t11-,14+/m0/s1. The first-order valence-electron chi connectivity index (χ1n) is 8.02. The molecule has 4 nitrogen and oxygen atoms in total. The maximum Gasteiger partial charge on any atom is 0.416 e. The lowest BCUT2D eigenvalue weighted by Crippen LogP contribution is -2.45. The number of amides is 2. The summed E-state index contributed by atoms with van der Waals surface area (Å²) in [4.78, 5) is 23.8. The van der Waals surface area contributed by atoms with Crippen LogP contribution in [0.5, 0.6) is 0 Å². The minimum Gasteiger partial charge on any atom is -0.352 e. The Bertz CT molecular complexity index is 584.